The smallest absolute Gasteiger partial charge is 0.408 e. The molecule has 1 N–H and O–H groups in total. The zero-order valence-electron chi connectivity index (χ0n) is 14.0. The third-order valence-electron chi connectivity index (χ3n) is 5.25. The van der Waals surface area contributed by atoms with Crippen LogP contribution in [0.1, 0.15) is 6.42 Å². The minimum absolute atomic E-state index is 0.00860. The van der Waals surface area contributed by atoms with Crippen molar-refractivity contribution in [3.05, 3.63) is 28.7 Å². The first-order valence-electron chi connectivity index (χ1n) is 8.15. The number of aryl methyl sites for hydroxylation is 1. The molecule has 2 heterocycles. The molecule has 8 nitrogen and oxygen atoms in total. The van der Waals surface area contributed by atoms with Crippen molar-refractivity contribution in [2.24, 2.45) is 18.9 Å². The van der Waals surface area contributed by atoms with Gasteiger partial charge < -0.3 is 13.9 Å². The summed E-state index contributed by atoms with van der Waals surface area (Å²) in [6, 6.07) is 4.19. The molecular weight excluding hydrogens is 348 g/mol. The summed E-state index contributed by atoms with van der Waals surface area (Å²) in [5.74, 6) is -0.339. The maximum Gasteiger partial charge on any atom is 0.419 e. The monoisotopic (exact) mass is 368 g/mol. The van der Waals surface area contributed by atoms with E-state index in [4.69, 9.17) is 13.9 Å². The van der Waals surface area contributed by atoms with Crippen LogP contribution in [0.3, 0.4) is 0 Å². The van der Waals surface area contributed by atoms with Crippen molar-refractivity contribution in [2.75, 3.05) is 20.3 Å². The first-order valence-corrected chi connectivity index (χ1v) is 9.63. The summed E-state index contributed by atoms with van der Waals surface area (Å²) < 4.78 is 45.7. The van der Waals surface area contributed by atoms with E-state index in [-0.39, 0.29) is 28.9 Å². The number of ether oxygens (including phenoxy) is 2. The van der Waals surface area contributed by atoms with Gasteiger partial charge in [-0.05, 0) is 24.6 Å². The molecule has 2 fully saturated rings. The molecule has 0 amide bonds. The highest BCUT2D eigenvalue weighted by atomic mass is 32.2. The summed E-state index contributed by atoms with van der Waals surface area (Å²) in [7, 11) is -0.588. The Morgan fingerprint density at radius 1 is 1.40 bits per heavy atom. The lowest BCUT2D eigenvalue weighted by Gasteiger charge is -2.47. The molecule has 0 spiro atoms. The predicted octanol–water partition coefficient (Wildman–Crippen LogP) is 0.460. The minimum Gasteiger partial charge on any atom is -0.408 e. The van der Waals surface area contributed by atoms with Crippen molar-refractivity contribution in [2.45, 2.75) is 23.5 Å². The molecule has 0 bridgehead atoms. The van der Waals surface area contributed by atoms with Gasteiger partial charge in [-0.25, -0.2) is 17.9 Å². The van der Waals surface area contributed by atoms with E-state index in [1.165, 1.54) is 22.8 Å². The highest BCUT2D eigenvalue weighted by molar-refractivity contribution is 7.89. The van der Waals surface area contributed by atoms with E-state index in [9.17, 15) is 13.2 Å². The van der Waals surface area contributed by atoms with Crippen LogP contribution in [0.4, 0.5) is 0 Å². The lowest BCUT2D eigenvalue weighted by molar-refractivity contribution is -0.0775. The van der Waals surface area contributed by atoms with Crippen LogP contribution < -0.4 is 10.5 Å². The summed E-state index contributed by atoms with van der Waals surface area (Å²) in [6.07, 6.45) is 0.901. The van der Waals surface area contributed by atoms with Crippen LogP contribution in [0.25, 0.3) is 11.1 Å². The molecule has 4 rings (SSSR count). The number of methoxy groups -OCH3 is 1. The number of sulfonamides is 1. The van der Waals surface area contributed by atoms with Crippen LogP contribution in [0.5, 0.6) is 0 Å². The molecule has 25 heavy (non-hydrogen) atoms. The number of benzene rings is 1. The van der Waals surface area contributed by atoms with Crippen LogP contribution in [-0.4, -0.2) is 45.5 Å². The van der Waals surface area contributed by atoms with Gasteiger partial charge in [-0.15, -0.1) is 0 Å². The zero-order valence-corrected chi connectivity index (χ0v) is 14.8. The maximum absolute atomic E-state index is 12.8. The van der Waals surface area contributed by atoms with Gasteiger partial charge in [0.1, 0.15) is 0 Å². The summed E-state index contributed by atoms with van der Waals surface area (Å²) in [6.45, 7) is 1.10. The van der Waals surface area contributed by atoms with E-state index in [0.717, 1.165) is 6.42 Å². The quantitative estimate of drug-likeness (QED) is 0.823. The van der Waals surface area contributed by atoms with Gasteiger partial charge in [0.15, 0.2) is 5.58 Å². The van der Waals surface area contributed by atoms with Crippen LogP contribution in [0.15, 0.2) is 32.3 Å². The minimum atomic E-state index is -3.73. The summed E-state index contributed by atoms with van der Waals surface area (Å²) in [4.78, 5) is 11.7. The number of aromatic nitrogens is 1. The van der Waals surface area contributed by atoms with E-state index < -0.39 is 15.8 Å². The molecule has 1 aliphatic carbocycles. The van der Waals surface area contributed by atoms with Gasteiger partial charge >= 0.3 is 5.76 Å². The standard InChI is InChI=1S/C16H20N2O6S/c1-18-12-7-9(3-4-13(12)24-16(18)19)25(20,21)17-14-10-5-6-23-15(10)11(14)8-22-2/h3-4,7,10-11,14-15,17H,5-6,8H2,1-2H3/t10-,11+,14+,15-/m0/s1. The third kappa shape index (κ3) is 2.62. The van der Waals surface area contributed by atoms with Crippen molar-refractivity contribution in [3.63, 3.8) is 0 Å². The van der Waals surface area contributed by atoms with Gasteiger partial charge in [0, 0.05) is 38.6 Å². The highest BCUT2D eigenvalue weighted by Crippen LogP contribution is 2.44. The first-order chi connectivity index (χ1) is 11.9. The second-order valence-corrected chi connectivity index (χ2v) is 8.32. The first kappa shape index (κ1) is 16.8. The summed E-state index contributed by atoms with van der Waals surface area (Å²) in [5.41, 5.74) is 0.800. The van der Waals surface area contributed by atoms with Crippen LogP contribution in [-0.2, 0) is 26.5 Å². The Bertz CT molecular complexity index is 963. The number of nitrogens with one attached hydrogen (secondary N) is 1. The number of hydrogen-bond acceptors (Lipinski definition) is 6. The topological polar surface area (TPSA) is 99.8 Å². The van der Waals surface area contributed by atoms with Crippen molar-refractivity contribution in [1.82, 2.24) is 9.29 Å². The van der Waals surface area contributed by atoms with Gasteiger partial charge in [0.05, 0.1) is 23.1 Å². The van der Waals surface area contributed by atoms with E-state index in [0.29, 0.717) is 24.3 Å². The van der Waals surface area contributed by atoms with E-state index in [2.05, 4.69) is 4.72 Å². The van der Waals surface area contributed by atoms with Gasteiger partial charge in [-0.1, -0.05) is 0 Å². The normalized spacial score (nSPS) is 28.9. The Labute approximate surface area is 144 Å². The predicted molar refractivity (Wildman–Crippen MR) is 88.8 cm³/mol. The van der Waals surface area contributed by atoms with Gasteiger partial charge in [0.2, 0.25) is 10.0 Å². The van der Waals surface area contributed by atoms with Crippen molar-refractivity contribution < 1.29 is 22.3 Å². The van der Waals surface area contributed by atoms with Gasteiger partial charge in [-0.2, -0.15) is 0 Å². The summed E-state index contributed by atoms with van der Waals surface area (Å²) in [5, 5.41) is 0. The lowest BCUT2D eigenvalue weighted by atomic mass is 9.68. The molecule has 136 valence electrons. The van der Waals surface area contributed by atoms with Gasteiger partial charge in [0.25, 0.3) is 0 Å². The molecule has 1 saturated carbocycles. The Hall–Kier alpha value is -1.68. The number of fused-ring (bicyclic) bond motifs is 2. The molecule has 4 atom stereocenters. The molecular formula is C16H20N2O6S. The molecule has 0 unspecified atom stereocenters. The molecule has 2 aromatic rings. The number of hydrogen-bond donors (Lipinski definition) is 1. The molecule has 1 saturated heterocycles. The van der Waals surface area contributed by atoms with Gasteiger partial charge in [-0.3, -0.25) is 4.57 Å². The van der Waals surface area contributed by atoms with Crippen molar-refractivity contribution in [1.29, 1.82) is 0 Å². The average Bonchev–Trinajstić information content (AvgIpc) is 3.13. The van der Waals surface area contributed by atoms with Crippen LogP contribution in [0, 0.1) is 11.8 Å². The van der Waals surface area contributed by atoms with Crippen molar-refractivity contribution in [3.8, 4) is 0 Å². The van der Waals surface area contributed by atoms with E-state index in [1.807, 2.05) is 0 Å². The van der Waals surface area contributed by atoms with E-state index >= 15 is 0 Å². The molecule has 2 aliphatic rings. The average molecular weight is 368 g/mol. The molecule has 0 radical (unpaired) electrons. The highest BCUT2D eigenvalue weighted by Gasteiger charge is 2.54. The largest absolute Gasteiger partial charge is 0.419 e. The third-order valence-corrected chi connectivity index (χ3v) is 6.71. The fourth-order valence-corrected chi connectivity index (χ4v) is 5.27. The zero-order chi connectivity index (χ0) is 17.8. The number of oxazole rings is 1. The molecule has 1 aliphatic heterocycles. The second-order valence-electron chi connectivity index (χ2n) is 6.61. The van der Waals surface area contributed by atoms with Crippen LogP contribution >= 0.6 is 0 Å². The Morgan fingerprint density at radius 2 is 2.20 bits per heavy atom. The second kappa shape index (κ2) is 5.94. The number of nitrogens with zero attached hydrogens (tertiary/aromatic N) is 1. The molecule has 9 heteroatoms. The Balaban J connectivity index is 1.63. The van der Waals surface area contributed by atoms with Crippen molar-refractivity contribution >= 4 is 21.1 Å². The number of rotatable bonds is 5. The Kier molecular flexibility index (Phi) is 3.99. The lowest BCUT2D eigenvalue weighted by Crippen LogP contribution is -2.62. The molecule has 1 aromatic heterocycles. The fourth-order valence-electron chi connectivity index (χ4n) is 3.92. The van der Waals surface area contributed by atoms with E-state index in [1.54, 1.807) is 14.2 Å². The van der Waals surface area contributed by atoms with Crippen LogP contribution in [0.2, 0.25) is 0 Å². The molecule has 1 aromatic carbocycles. The SMILES string of the molecule is COC[C@@H]1[C@H](NS(=O)(=O)c2ccc3oc(=O)n(C)c3c2)[C@@H]2CCO[C@H]12. The maximum atomic E-state index is 12.8. The Morgan fingerprint density at radius 3 is 2.96 bits per heavy atom. The summed E-state index contributed by atoms with van der Waals surface area (Å²) >= 11 is 0. The fraction of sp³-hybridized carbons (Fsp3) is 0.562.